The van der Waals surface area contributed by atoms with Crippen LogP contribution in [0.1, 0.15) is 49.1 Å². The van der Waals surface area contributed by atoms with Gasteiger partial charge in [-0.15, -0.1) is 11.8 Å². The Bertz CT molecular complexity index is 1130. The molecule has 2 aromatic rings. The summed E-state index contributed by atoms with van der Waals surface area (Å²) in [6, 6.07) is 13.1. The average Bonchev–Trinajstić information content (AvgIpc) is 2.87. The Kier molecular flexibility index (Phi) is 6.26. The van der Waals surface area contributed by atoms with E-state index in [1.807, 2.05) is 39.0 Å². The molecule has 0 fully saturated rings. The summed E-state index contributed by atoms with van der Waals surface area (Å²) in [7, 11) is 0. The fourth-order valence-electron chi connectivity index (χ4n) is 4.14. The molecule has 0 radical (unpaired) electrons. The SMILES string of the molecule is CC(C)(C)CN1C(=O)C(CC(=O)O)SC(c2cccc3c2OCCO3)c2cc(C#N)ccc21. The summed E-state index contributed by atoms with van der Waals surface area (Å²) in [5.41, 5.74) is 2.53. The molecule has 0 bridgehead atoms. The summed E-state index contributed by atoms with van der Waals surface area (Å²) in [6.45, 7) is 7.36. The zero-order valence-electron chi connectivity index (χ0n) is 18.8. The molecular formula is C25H26N2O5S. The molecule has 172 valence electrons. The van der Waals surface area contributed by atoms with Crippen LogP contribution in [0.2, 0.25) is 0 Å². The maximum Gasteiger partial charge on any atom is 0.305 e. The normalized spacial score (nSPS) is 19.9. The molecule has 2 aromatic carbocycles. The van der Waals surface area contributed by atoms with E-state index in [0.717, 1.165) is 11.1 Å². The lowest BCUT2D eigenvalue weighted by Gasteiger charge is -2.31. The van der Waals surface area contributed by atoms with E-state index in [1.165, 1.54) is 11.8 Å². The number of nitrogens with zero attached hydrogens (tertiary/aromatic N) is 2. The van der Waals surface area contributed by atoms with E-state index in [4.69, 9.17) is 9.47 Å². The number of aliphatic carboxylic acids is 1. The van der Waals surface area contributed by atoms with Gasteiger partial charge in [-0.2, -0.15) is 5.26 Å². The van der Waals surface area contributed by atoms with Crippen LogP contribution in [0, 0.1) is 16.7 Å². The second kappa shape index (κ2) is 8.99. The van der Waals surface area contributed by atoms with Crippen LogP contribution < -0.4 is 14.4 Å². The number of fused-ring (bicyclic) bond motifs is 2. The average molecular weight is 467 g/mol. The number of ether oxygens (including phenoxy) is 2. The van der Waals surface area contributed by atoms with Crippen LogP contribution in [-0.4, -0.2) is 42.0 Å². The fraction of sp³-hybridized carbons (Fsp3) is 0.400. The Morgan fingerprint density at radius 2 is 1.97 bits per heavy atom. The van der Waals surface area contributed by atoms with E-state index in [0.29, 0.717) is 42.5 Å². The Morgan fingerprint density at radius 3 is 2.67 bits per heavy atom. The maximum absolute atomic E-state index is 13.7. The third kappa shape index (κ3) is 4.79. The van der Waals surface area contributed by atoms with Gasteiger partial charge in [0.2, 0.25) is 5.91 Å². The van der Waals surface area contributed by atoms with Gasteiger partial charge in [-0.25, -0.2) is 0 Å². The lowest BCUT2D eigenvalue weighted by atomic mass is 9.93. The van der Waals surface area contributed by atoms with Crippen molar-refractivity contribution in [3.63, 3.8) is 0 Å². The molecule has 0 saturated heterocycles. The molecule has 0 spiro atoms. The van der Waals surface area contributed by atoms with E-state index < -0.39 is 16.5 Å². The predicted molar refractivity (Wildman–Crippen MR) is 126 cm³/mol. The number of para-hydroxylation sites is 1. The van der Waals surface area contributed by atoms with Crippen molar-refractivity contribution in [1.82, 2.24) is 0 Å². The van der Waals surface area contributed by atoms with Crippen molar-refractivity contribution in [2.24, 2.45) is 5.41 Å². The zero-order chi connectivity index (χ0) is 23.8. The Balaban J connectivity index is 1.94. The Morgan fingerprint density at radius 1 is 1.21 bits per heavy atom. The van der Waals surface area contributed by atoms with Gasteiger partial charge in [0.05, 0.1) is 28.6 Å². The minimum absolute atomic E-state index is 0.220. The number of thioether (sulfide) groups is 1. The van der Waals surface area contributed by atoms with E-state index in [2.05, 4.69) is 6.07 Å². The van der Waals surface area contributed by atoms with Crippen LogP contribution in [0.5, 0.6) is 11.5 Å². The molecule has 2 aliphatic heterocycles. The molecule has 2 unspecified atom stereocenters. The third-order valence-corrected chi connectivity index (χ3v) is 6.92. The van der Waals surface area contributed by atoms with Crippen molar-refractivity contribution in [3.05, 3.63) is 53.1 Å². The summed E-state index contributed by atoms with van der Waals surface area (Å²) in [6.07, 6.45) is -0.299. The number of hydrogen-bond donors (Lipinski definition) is 1. The van der Waals surface area contributed by atoms with Crippen molar-refractivity contribution in [3.8, 4) is 17.6 Å². The van der Waals surface area contributed by atoms with Gasteiger partial charge < -0.3 is 19.5 Å². The quantitative estimate of drug-likeness (QED) is 0.713. The van der Waals surface area contributed by atoms with E-state index in [9.17, 15) is 20.0 Å². The molecule has 0 aliphatic carbocycles. The number of carbonyl (C=O) groups excluding carboxylic acids is 1. The van der Waals surface area contributed by atoms with Gasteiger partial charge in [-0.1, -0.05) is 32.9 Å². The molecule has 33 heavy (non-hydrogen) atoms. The van der Waals surface area contributed by atoms with Crippen molar-refractivity contribution >= 4 is 29.3 Å². The summed E-state index contributed by atoms with van der Waals surface area (Å²) in [5.74, 6) is -0.0593. The van der Waals surface area contributed by atoms with Crippen LogP contribution in [0.4, 0.5) is 5.69 Å². The molecule has 2 atom stereocenters. The minimum atomic E-state index is -1.03. The molecule has 4 rings (SSSR count). The van der Waals surface area contributed by atoms with Crippen molar-refractivity contribution in [2.45, 2.75) is 37.7 Å². The van der Waals surface area contributed by atoms with Crippen LogP contribution in [0.3, 0.4) is 0 Å². The number of amides is 1. The van der Waals surface area contributed by atoms with Crippen LogP contribution in [0.15, 0.2) is 36.4 Å². The van der Waals surface area contributed by atoms with Crippen LogP contribution >= 0.6 is 11.8 Å². The van der Waals surface area contributed by atoms with Crippen LogP contribution in [-0.2, 0) is 9.59 Å². The maximum atomic E-state index is 13.7. The highest BCUT2D eigenvalue weighted by molar-refractivity contribution is 8.01. The van der Waals surface area contributed by atoms with Crippen molar-refractivity contribution in [2.75, 3.05) is 24.7 Å². The van der Waals surface area contributed by atoms with Crippen LogP contribution in [0.25, 0.3) is 0 Å². The molecule has 1 amide bonds. The lowest BCUT2D eigenvalue weighted by molar-refractivity contribution is -0.138. The molecule has 1 N–H and O–H groups in total. The van der Waals surface area contributed by atoms with Gasteiger partial charge in [0.15, 0.2) is 11.5 Å². The number of rotatable bonds is 4. The van der Waals surface area contributed by atoms with Gasteiger partial charge >= 0.3 is 5.97 Å². The van der Waals surface area contributed by atoms with E-state index in [-0.39, 0.29) is 17.7 Å². The molecule has 7 nitrogen and oxygen atoms in total. The highest BCUT2D eigenvalue weighted by Crippen LogP contribution is 2.51. The number of carboxylic acid groups (broad SMARTS) is 1. The first kappa shape index (κ1) is 23.0. The Hall–Kier alpha value is -3.18. The molecule has 2 heterocycles. The largest absolute Gasteiger partial charge is 0.486 e. The van der Waals surface area contributed by atoms with E-state index >= 15 is 0 Å². The van der Waals surface area contributed by atoms with E-state index in [1.54, 1.807) is 23.1 Å². The Labute approximate surface area is 197 Å². The number of carbonyl (C=O) groups is 2. The molecular weight excluding hydrogens is 440 g/mol. The van der Waals surface area contributed by atoms with Gasteiger partial charge in [0, 0.05) is 17.8 Å². The first-order chi connectivity index (χ1) is 15.7. The summed E-state index contributed by atoms with van der Waals surface area (Å²) >= 11 is 1.29. The van der Waals surface area contributed by atoms with Crippen molar-refractivity contribution in [1.29, 1.82) is 5.26 Å². The predicted octanol–water partition coefficient (Wildman–Crippen LogP) is 4.39. The smallest absolute Gasteiger partial charge is 0.305 e. The summed E-state index contributed by atoms with van der Waals surface area (Å²) in [4.78, 5) is 27.0. The first-order valence-corrected chi connectivity index (χ1v) is 11.7. The number of anilines is 1. The minimum Gasteiger partial charge on any atom is -0.486 e. The second-order valence-corrected chi connectivity index (χ2v) is 10.7. The van der Waals surface area contributed by atoms with Gasteiger partial charge in [-0.05, 0) is 35.2 Å². The monoisotopic (exact) mass is 466 g/mol. The summed E-state index contributed by atoms with van der Waals surface area (Å²) in [5, 5.41) is 17.9. The second-order valence-electron chi connectivity index (χ2n) is 9.34. The number of benzene rings is 2. The highest BCUT2D eigenvalue weighted by atomic mass is 32.2. The lowest BCUT2D eigenvalue weighted by Crippen LogP contribution is -2.42. The number of nitriles is 1. The molecule has 2 aliphatic rings. The zero-order valence-corrected chi connectivity index (χ0v) is 19.6. The molecule has 0 aromatic heterocycles. The standard InChI is InChI=1S/C25H26N2O5S/c1-25(2,3)14-27-18-8-7-15(13-26)11-17(18)23(33-20(24(27)30)12-21(28)29)16-5-4-6-19-22(16)32-10-9-31-19/h4-8,11,20,23H,9-10,12,14H2,1-3H3,(H,28,29). The number of hydrogen-bond acceptors (Lipinski definition) is 6. The highest BCUT2D eigenvalue weighted by Gasteiger charge is 2.40. The van der Waals surface area contributed by atoms with Gasteiger partial charge in [0.1, 0.15) is 13.2 Å². The molecule has 0 saturated carbocycles. The summed E-state index contributed by atoms with van der Waals surface area (Å²) < 4.78 is 11.7. The number of carboxylic acids is 1. The first-order valence-electron chi connectivity index (χ1n) is 10.8. The van der Waals surface area contributed by atoms with Crippen molar-refractivity contribution < 1.29 is 24.2 Å². The van der Waals surface area contributed by atoms with Gasteiger partial charge in [-0.3, -0.25) is 9.59 Å². The molecule has 8 heteroatoms. The van der Waals surface area contributed by atoms with Gasteiger partial charge in [0.25, 0.3) is 0 Å². The fourth-order valence-corrected chi connectivity index (χ4v) is 5.62. The third-order valence-electron chi connectivity index (χ3n) is 5.44. The topological polar surface area (TPSA) is 99.9 Å².